The summed E-state index contributed by atoms with van der Waals surface area (Å²) < 4.78 is 6.37. The van der Waals surface area contributed by atoms with Gasteiger partial charge in [0.1, 0.15) is 0 Å². The van der Waals surface area contributed by atoms with Crippen molar-refractivity contribution in [3.63, 3.8) is 0 Å². The van der Waals surface area contributed by atoms with Crippen molar-refractivity contribution in [1.29, 1.82) is 0 Å². The number of thiocarbonyl (C=S) groups is 1. The SMILES string of the molecule is NC(=S)C12CC3C(OCc4ccccc4)CC(c4ccccc4)(C1)N32. The summed E-state index contributed by atoms with van der Waals surface area (Å²) in [6.45, 7) is 0.667. The van der Waals surface area contributed by atoms with Crippen LogP contribution < -0.4 is 5.73 Å². The molecule has 3 nitrogen and oxygen atoms in total. The van der Waals surface area contributed by atoms with Gasteiger partial charge in [-0.25, -0.2) is 0 Å². The van der Waals surface area contributed by atoms with E-state index in [1.807, 2.05) is 6.07 Å². The van der Waals surface area contributed by atoms with Crippen molar-refractivity contribution in [2.45, 2.75) is 49.1 Å². The third-order valence-electron chi connectivity index (χ3n) is 6.43. The van der Waals surface area contributed by atoms with Gasteiger partial charge in [-0.1, -0.05) is 72.9 Å². The molecule has 0 bridgehead atoms. The number of hydrogen-bond acceptors (Lipinski definition) is 3. The minimum Gasteiger partial charge on any atom is -0.392 e. The maximum Gasteiger partial charge on any atom is 0.0935 e. The Hall–Kier alpha value is -1.75. The van der Waals surface area contributed by atoms with Crippen LogP contribution in [0.1, 0.15) is 30.4 Å². The van der Waals surface area contributed by atoms with Gasteiger partial charge in [-0.05, 0) is 30.4 Å². The summed E-state index contributed by atoms with van der Waals surface area (Å²) in [6.07, 6.45) is 3.33. The highest BCUT2D eigenvalue weighted by Crippen LogP contribution is 2.69. The molecule has 0 aliphatic carbocycles. The predicted molar refractivity (Wildman–Crippen MR) is 102 cm³/mol. The van der Waals surface area contributed by atoms with Crippen molar-refractivity contribution < 1.29 is 4.74 Å². The Bertz CT molecular complexity index is 811. The van der Waals surface area contributed by atoms with Gasteiger partial charge in [-0.2, -0.15) is 0 Å². The minimum absolute atomic E-state index is 0.0506. The number of benzene rings is 2. The van der Waals surface area contributed by atoms with Crippen molar-refractivity contribution in [2.24, 2.45) is 5.73 Å². The Morgan fingerprint density at radius 3 is 2.44 bits per heavy atom. The molecule has 3 saturated heterocycles. The molecular weight excluding hydrogens is 328 g/mol. The molecule has 0 spiro atoms. The Balaban J connectivity index is 1.41. The molecule has 4 unspecified atom stereocenters. The molecule has 25 heavy (non-hydrogen) atoms. The normalized spacial score (nSPS) is 35.5. The van der Waals surface area contributed by atoms with Gasteiger partial charge in [0.2, 0.25) is 0 Å². The second kappa shape index (κ2) is 5.37. The number of nitrogens with zero attached hydrogens (tertiary/aromatic N) is 1. The van der Waals surface area contributed by atoms with Gasteiger partial charge in [-0.3, -0.25) is 4.90 Å². The highest BCUT2D eigenvalue weighted by molar-refractivity contribution is 7.80. The molecule has 0 amide bonds. The van der Waals surface area contributed by atoms with Gasteiger partial charge >= 0.3 is 0 Å². The van der Waals surface area contributed by atoms with E-state index in [4.69, 9.17) is 22.7 Å². The number of rotatable bonds is 5. The van der Waals surface area contributed by atoms with Gasteiger partial charge in [0.25, 0.3) is 0 Å². The van der Waals surface area contributed by atoms with Gasteiger partial charge in [0.15, 0.2) is 0 Å². The molecule has 128 valence electrons. The van der Waals surface area contributed by atoms with Crippen LogP contribution in [0.5, 0.6) is 0 Å². The summed E-state index contributed by atoms with van der Waals surface area (Å²) in [5, 5.41) is 0. The second-order valence-corrected chi connectivity index (χ2v) is 8.09. The third-order valence-corrected chi connectivity index (χ3v) is 6.81. The molecule has 2 aromatic carbocycles. The molecule has 4 atom stereocenters. The van der Waals surface area contributed by atoms with Crippen molar-refractivity contribution in [3.05, 3.63) is 71.8 Å². The standard InChI is InChI=1S/C21H22N2OS/c22-19(25)21-11-17-18(24-13-15-7-3-1-4-8-15)12-20(14-21,23(17)21)16-9-5-2-6-10-16/h1-10,17-18H,11-14H2,(H2,22,25). The first-order valence-electron chi connectivity index (χ1n) is 8.96. The van der Waals surface area contributed by atoms with E-state index in [0.717, 1.165) is 19.3 Å². The Labute approximate surface area is 153 Å². The fraction of sp³-hybridized carbons (Fsp3) is 0.381. The van der Waals surface area contributed by atoms with E-state index in [-0.39, 0.29) is 17.2 Å². The van der Waals surface area contributed by atoms with Crippen molar-refractivity contribution in [3.8, 4) is 0 Å². The summed E-state index contributed by atoms with van der Waals surface area (Å²) in [4.78, 5) is 3.21. The van der Waals surface area contributed by atoms with Gasteiger partial charge in [0.05, 0.1) is 28.8 Å². The Kier molecular flexibility index (Phi) is 3.33. The second-order valence-electron chi connectivity index (χ2n) is 7.65. The maximum absolute atomic E-state index is 6.37. The van der Waals surface area contributed by atoms with Crippen LogP contribution in [0.4, 0.5) is 0 Å². The lowest BCUT2D eigenvalue weighted by Crippen LogP contribution is -2.83. The first-order chi connectivity index (χ1) is 12.2. The highest BCUT2D eigenvalue weighted by Gasteiger charge is 2.77. The number of hydrogen-bond donors (Lipinski definition) is 1. The smallest absolute Gasteiger partial charge is 0.0935 e. The van der Waals surface area contributed by atoms with Crippen molar-refractivity contribution in [1.82, 2.24) is 4.90 Å². The van der Waals surface area contributed by atoms with E-state index in [0.29, 0.717) is 17.6 Å². The van der Waals surface area contributed by atoms with Gasteiger partial charge in [-0.15, -0.1) is 0 Å². The van der Waals surface area contributed by atoms with Crippen LogP contribution in [0.25, 0.3) is 0 Å². The van der Waals surface area contributed by atoms with Crippen LogP contribution in [0.3, 0.4) is 0 Å². The van der Waals surface area contributed by atoms with E-state index < -0.39 is 0 Å². The molecule has 2 aromatic rings. The average Bonchev–Trinajstić information content (AvgIpc) is 2.73. The summed E-state index contributed by atoms with van der Waals surface area (Å²) in [6, 6.07) is 21.6. The molecule has 5 rings (SSSR count). The highest BCUT2D eigenvalue weighted by atomic mass is 32.1. The van der Waals surface area contributed by atoms with Crippen molar-refractivity contribution in [2.75, 3.05) is 0 Å². The van der Waals surface area contributed by atoms with E-state index in [9.17, 15) is 0 Å². The number of piperidine rings is 1. The predicted octanol–water partition coefficient (Wildman–Crippen LogP) is 3.37. The Morgan fingerprint density at radius 2 is 1.76 bits per heavy atom. The van der Waals surface area contributed by atoms with Crippen molar-refractivity contribution >= 4 is 17.2 Å². The molecule has 3 aliphatic rings. The number of ether oxygens (including phenoxy) is 1. The zero-order valence-corrected chi connectivity index (χ0v) is 14.9. The Morgan fingerprint density at radius 1 is 1.08 bits per heavy atom. The van der Waals surface area contributed by atoms with E-state index in [1.165, 1.54) is 11.1 Å². The lowest BCUT2D eigenvalue weighted by molar-refractivity contribution is -0.192. The molecular formula is C21H22N2OS. The van der Waals surface area contributed by atoms with E-state index in [1.54, 1.807) is 0 Å². The quantitative estimate of drug-likeness (QED) is 0.839. The van der Waals surface area contributed by atoms with Crippen LogP contribution in [0.2, 0.25) is 0 Å². The summed E-state index contributed by atoms with van der Waals surface area (Å²) in [7, 11) is 0. The molecule has 3 aliphatic heterocycles. The zero-order chi connectivity index (χ0) is 17.1. The average molecular weight is 350 g/mol. The molecule has 0 saturated carbocycles. The fourth-order valence-electron chi connectivity index (χ4n) is 5.40. The maximum atomic E-state index is 6.37. The zero-order valence-electron chi connectivity index (χ0n) is 14.1. The van der Waals surface area contributed by atoms with E-state index in [2.05, 4.69) is 59.5 Å². The molecule has 0 radical (unpaired) electrons. The molecule has 3 heterocycles. The lowest BCUT2D eigenvalue weighted by atomic mass is 9.59. The van der Waals surface area contributed by atoms with Gasteiger partial charge in [0, 0.05) is 6.04 Å². The van der Waals surface area contributed by atoms with E-state index >= 15 is 0 Å². The minimum atomic E-state index is -0.0688. The monoisotopic (exact) mass is 350 g/mol. The number of nitrogens with two attached hydrogens (primary N) is 1. The topological polar surface area (TPSA) is 38.5 Å². The van der Waals surface area contributed by atoms with Crippen LogP contribution >= 0.6 is 12.2 Å². The molecule has 2 N–H and O–H groups in total. The van der Waals surface area contributed by atoms with Crippen LogP contribution in [-0.2, 0) is 16.9 Å². The van der Waals surface area contributed by atoms with Crippen LogP contribution in [-0.4, -0.2) is 27.6 Å². The summed E-state index contributed by atoms with van der Waals surface area (Å²) in [5.41, 5.74) is 8.70. The fourth-order valence-corrected chi connectivity index (χ4v) is 5.66. The molecule has 0 aromatic heterocycles. The largest absolute Gasteiger partial charge is 0.392 e. The lowest BCUT2D eigenvalue weighted by Gasteiger charge is -2.71. The first kappa shape index (κ1) is 15.5. The van der Waals surface area contributed by atoms with Crippen LogP contribution in [0.15, 0.2) is 60.7 Å². The summed E-state index contributed by atoms with van der Waals surface area (Å²) >= 11 is 5.42. The first-order valence-corrected chi connectivity index (χ1v) is 9.37. The van der Waals surface area contributed by atoms with Crippen LogP contribution in [0, 0.1) is 0 Å². The molecule has 3 fully saturated rings. The molecule has 4 heteroatoms. The third kappa shape index (κ3) is 2.02. The summed E-state index contributed by atoms with van der Waals surface area (Å²) in [5.74, 6) is 0. The van der Waals surface area contributed by atoms with Gasteiger partial charge < -0.3 is 10.5 Å².